The van der Waals surface area contributed by atoms with Gasteiger partial charge in [0.2, 0.25) is 5.91 Å². The maximum absolute atomic E-state index is 11.7. The monoisotopic (exact) mass is 341 g/mol. The maximum Gasteiger partial charge on any atom is 0.219 e. The lowest BCUT2D eigenvalue weighted by Gasteiger charge is -2.22. The van der Waals surface area contributed by atoms with Crippen molar-refractivity contribution in [3.05, 3.63) is 30.1 Å². The predicted molar refractivity (Wildman–Crippen MR) is 103 cm³/mol. The van der Waals surface area contributed by atoms with Crippen LogP contribution >= 0.6 is 0 Å². The number of aryl methyl sites for hydroxylation is 1. The fourth-order valence-electron chi connectivity index (χ4n) is 3.98. The third kappa shape index (κ3) is 4.83. The van der Waals surface area contributed by atoms with Gasteiger partial charge >= 0.3 is 0 Å². The van der Waals surface area contributed by atoms with Crippen LogP contribution in [0, 0.1) is 5.92 Å². The average Bonchev–Trinajstić information content (AvgIpc) is 2.98. The highest BCUT2D eigenvalue weighted by molar-refractivity contribution is 5.76. The molecule has 1 aliphatic rings. The fraction of sp³-hybridized carbons (Fsp3) is 0.619. The Balaban J connectivity index is 1.67. The van der Waals surface area contributed by atoms with Crippen LogP contribution in [0.5, 0.6) is 0 Å². The Morgan fingerprint density at radius 3 is 2.84 bits per heavy atom. The summed E-state index contributed by atoms with van der Waals surface area (Å²) in [4.78, 5) is 16.5. The van der Waals surface area contributed by atoms with Gasteiger partial charge in [-0.15, -0.1) is 0 Å². The molecule has 2 aromatic rings. The van der Waals surface area contributed by atoms with E-state index in [1.807, 2.05) is 13.0 Å². The third-order valence-corrected chi connectivity index (χ3v) is 5.37. The number of imidazole rings is 1. The molecule has 4 nitrogen and oxygen atoms in total. The zero-order valence-electron chi connectivity index (χ0n) is 15.5. The minimum atomic E-state index is 0.146. The van der Waals surface area contributed by atoms with Crippen molar-refractivity contribution in [1.82, 2.24) is 14.9 Å². The number of carbonyl (C=O) groups excluding carboxylic acids is 1. The van der Waals surface area contributed by atoms with Crippen LogP contribution in [-0.2, 0) is 17.8 Å². The van der Waals surface area contributed by atoms with Crippen LogP contribution in [0.1, 0.15) is 64.1 Å². The van der Waals surface area contributed by atoms with Gasteiger partial charge in [0.05, 0.1) is 11.0 Å². The van der Waals surface area contributed by atoms with E-state index in [0.717, 1.165) is 36.6 Å². The number of carbonyl (C=O) groups is 1. The molecule has 0 radical (unpaired) electrons. The van der Waals surface area contributed by atoms with Crippen molar-refractivity contribution in [2.75, 3.05) is 6.54 Å². The normalized spacial score (nSPS) is 15.6. The molecule has 0 spiro atoms. The first-order valence-electron chi connectivity index (χ1n) is 9.98. The van der Waals surface area contributed by atoms with E-state index < -0.39 is 0 Å². The number of hydrogen-bond donors (Lipinski definition) is 1. The lowest BCUT2D eigenvalue weighted by molar-refractivity contribution is -0.121. The molecule has 1 fully saturated rings. The van der Waals surface area contributed by atoms with E-state index in [-0.39, 0.29) is 5.91 Å². The van der Waals surface area contributed by atoms with E-state index in [1.165, 1.54) is 44.0 Å². The Labute approximate surface area is 151 Å². The zero-order valence-corrected chi connectivity index (χ0v) is 15.5. The second kappa shape index (κ2) is 9.02. The molecule has 25 heavy (non-hydrogen) atoms. The molecule has 1 saturated carbocycles. The molecule has 1 amide bonds. The molecule has 136 valence electrons. The van der Waals surface area contributed by atoms with Gasteiger partial charge in [-0.3, -0.25) is 4.79 Å². The third-order valence-electron chi connectivity index (χ3n) is 5.37. The average molecular weight is 341 g/mol. The molecule has 3 rings (SSSR count). The van der Waals surface area contributed by atoms with Crippen molar-refractivity contribution in [3.8, 4) is 0 Å². The Morgan fingerprint density at radius 2 is 2.04 bits per heavy atom. The molecule has 0 atom stereocenters. The first kappa shape index (κ1) is 18.0. The highest BCUT2D eigenvalue weighted by Gasteiger charge is 2.16. The van der Waals surface area contributed by atoms with Crippen molar-refractivity contribution < 1.29 is 4.79 Å². The second-order valence-corrected chi connectivity index (χ2v) is 7.31. The summed E-state index contributed by atoms with van der Waals surface area (Å²) < 4.78 is 2.38. The number of para-hydroxylation sites is 2. The van der Waals surface area contributed by atoms with Gasteiger partial charge in [-0.2, -0.15) is 0 Å². The number of amides is 1. The van der Waals surface area contributed by atoms with Gasteiger partial charge in [-0.25, -0.2) is 4.98 Å². The minimum Gasteiger partial charge on any atom is -0.356 e. The summed E-state index contributed by atoms with van der Waals surface area (Å²) in [5, 5.41) is 3.02. The highest BCUT2D eigenvalue weighted by Crippen LogP contribution is 2.27. The molecule has 4 heteroatoms. The Hall–Kier alpha value is -1.84. The summed E-state index contributed by atoms with van der Waals surface area (Å²) in [5.74, 6) is 2.12. The number of hydrogen-bond acceptors (Lipinski definition) is 2. The van der Waals surface area contributed by atoms with E-state index in [1.54, 1.807) is 0 Å². The van der Waals surface area contributed by atoms with Crippen LogP contribution < -0.4 is 5.32 Å². The number of aromatic nitrogens is 2. The van der Waals surface area contributed by atoms with Crippen LogP contribution in [0.25, 0.3) is 11.0 Å². The summed E-state index contributed by atoms with van der Waals surface area (Å²) in [6.07, 6.45) is 10.5. The summed E-state index contributed by atoms with van der Waals surface area (Å²) in [6, 6.07) is 8.40. The standard InChI is InChI=1S/C21H31N3O/c1-2-8-21(25)22-15-13-20-23-18-11-6-7-12-19(18)24(20)16-14-17-9-4-3-5-10-17/h6-7,11-12,17H,2-5,8-10,13-16H2,1H3,(H,22,25). The van der Waals surface area contributed by atoms with Gasteiger partial charge in [0.25, 0.3) is 0 Å². The van der Waals surface area contributed by atoms with Crippen molar-refractivity contribution in [1.29, 1.82) is 0 Å². The number of nitrogens with one attached hydrogen (secondary N) is 1. The largest absolute Gasteiger partial charge is 0.356 e. The Kier molecular flexibility index (Phi) is 6.48. The van der Waals surface area contributed by atoms with Crippen molar-refractivity contribution in [3.63, 3.8) is 0 Å². The van der Waals surface area contributed by atoms with Gasteiger partial charge in [0.1, 0.15) is 5.82 Å². The molecule has 0 saturated heterocycles. The quantitative estimate of drug-likeness (QED) is 0.770. The Bertz CT molecular complexity index is 686. The number of fused-ring (bicyclic) bond motifs is 1. The van der Waals surface area contributed by atoms with Crippen molar-refractivity contribution >= 4 is 16.9 Å². The first-order valence-corrected chi connectivity index (χ1v) is 9.98. The molecule has 1 heterocycles. The molecule has 1 aliphatic carbocycles. The van der Waals surface area contributed by atoms with Crippen LogP contribution in [0.15, 0.2) is 24.3 Å². The maximum atomic E-state index is 11.7. The lowest BCUT2D eigenvalue weighted by atomic mass is 9.87. The number of nitrogens with zero attached hydrogens (tertiary/aromatic N) is 2. The van der Waals surface area contributed by atoms with Gasteiger partial charge in [-0.05, 0) is 30.9 Å². The Morgan fingerprint density at radius 1 is 1.24 bits per heavy atom. The van der Waals surface area contributed by atoms with E-state index in [4.69, 9.17) is 4.98 Å². The van der Waals surface area contributed by atoms with Crippen LogP contribution in [0.2, 0.25) is 0 Å². The smallest absolute Gasteiger partial charge is 0.219 e. The molecular formula is C21H31N3O. The molecule has 1 aromatic heterocycles. The molecular weight excluding hydrogens is 310 g/mol. The number of benzene rings is 1. The summed E-state index contributed by atoms with van der Waals surface area (Å²) >= 11 is 0. The number of rotatable bonds is 8. The lowest BCUT2D eigenvalue weighted by Crippen LogP contribution is -2.26. The second-order valence-electron chi connectivity index (χ2n) is 7.31. The minimum absolute atomic E-state index is 0.146. The van der Waals surface area contributed by atoms with Gasteiger partial charge in [-0.1, -0.05) is 51.2 Å². The van der Waals surface area contributed by atoms with Crippen molar-refractivity contribution in [2.45, 2.75) is 71.3 Å². The highest BCUT2D eigenvalue weighted by atomic mass is 16.1. The van der Waals surface area contributed by atoms with Crippen LogP contribution in [0.3, 0.4) is 0 Å². The summed E-state index contributed by atoms with van der Waals surface area (Å²) in [5.41, 5.74) is 2.30. The molecule has 1 aromatic carbocycles. The summed E-state index contributed by atoms with van der Waals surface area (Å²) in [7, 11) is 0. The molecule has 1 N–H and O–H groups in total. The molecule has 0 aliphatic heterocycles. The van der Waals surface area contributed by atoms with Gasteiger partial charge < -0.3 is 9.88 Å². The topological polar surface area (TPSA) is 46.9 Å². The first-order chi connectivity index (χ1) is 12.3. The van der Waals surface area contributed by atoms with Crippen molar-refractivity contribution in [2.24, 2.45) is 5.92 Å². The molecule has 0 bridgehead atoms. The fourth-order valence-corrected chi connectivity index (χ4v) is 3.98. The predicted octanol–water partition coefficient (Wildman–Crippen LogP) is 4.47. The van der Waals surface area contributed by atoms with E-state index >= 15 is 0 Å². The summed E-state index contributed by atoms with van der Waals surface area (Å²) in [6.45, 7) is 3.75. The van der Waals surface area contributed by atoms with E-state index in [2.05, 4.69) is 28.1 Å². The van der Waals surface area contributed by atoms with Gasteiger partial charge in [0.15, 0.2) is 0 Å². The zero-order chi connectivity index (χ0) is 17.5. The van der Waals surface area contributed by atoms with Gasteiger partial charge in [0, 0.05) is 25.9 Å². The van der Waals surface area contributed by atoms with E-state index in [0.29, 0.717) is 13.0 Å². The van der Waals surface area contributed by atoms with Crippen LogP contribution in [0.4, 0.5) is 0 Å². The van der Waals surface area contributed by atoms with E-state index in [9.17, 15) is 4.79 Å². The SMILES string of the molecule is CCCC(=O)NCCc1nc2ccccc2n1CCC1CCCCC1. The molecule has 0 unspecified atom stereocenters. The van der Waals surface area contributed by atoms with Crippen LogP contribution in [-0.4, -0.2) is 22.0 Å².